The van der Waals surface area contributed by atoms with E-state index in [2.05, 4.69) is 20.9 Å². The molecule has 1 unspecified atom stereocenters. The van der Waals surface area contributed by atoms with E-state index in [1.807, 2.05) is 35.2 Å². The number of likely N-dealkylation sites (tertiary alicyclic amines) is 1. The van der Waals surface area contributed by atoms with Crippen molar-refractivity contribution in [3.8, 4) is 0 Å². The van der Waals surface area contributed by atoms with Crippen LogP contribution in [0.2, 0.25) is 0 Å². The Morgan fingerprint density at radius 1 is 1.37 bits per heavy atom. The Hall–Kier alpha value is -1.42. The molecule has 19 heavy (non-hydrogen) atoms. The molecule has 0 saturated carbocycles. The van der Waals surface area contributed by atoms with Gasteiger partial charge in [-0.1, -0.05) is 40.2 Å². The highest BCUT2D eigenvalue weighted by molar-refractivity contribution is 9.09. The number of fused-ring (bicyclic) bond motifs is 1. The average molecular weight is 319 g/mol. The summed E-state index contributed by atoms with van der Waals surface area (Å²) in [4.78, 5) is 18.8. The predicted octanol–water partition coefficient (Wildman–Crippen LogP) is 3.09. The summed E-state index contributed by atoms with van der Waals surface area (Å²) < 4.78 is 0. The number of carbonyl (C=O) groups excluding carboxylic acids is 1. The maximum atomic E-state index is 12.6. The number of benzene rings is 1. The number of alkyl halides is 1. The maximum absolute atomic E-state index is 12.6. The zero-order chi connectivity index (χ0) is 13.2. The van der Waals surface area contributed by atoms with Crippen molar-refractivity contribution in [1.82, 2.24) is 9.88 Å². The quantitative estimate of drug-likeness (QED) is 0.797. The zero-order valence-corrected chi connectivity index (χ0v) is 12.1. The summed E-state index contributed by atoms with van der Waals surface area (Å²) in [5.41, 5.74) is 0.577. The van der Waals surface area contributed by atoms with Gasteiger partial charge in [-0.15, -0.1) is 0 Å². The van der Waals surface area contributed by atoms with E-state index in [0.717, 1.165) is 35.6 Å². The molecule has 2 aromatic rings. The number of rotatable bonds is 2. The molecule has 1 saturated heterocycles. The normalized spacial score (nSPS) is 19.0. The van der Waals surface area contributed by atoms with Crippen LogP contribution < -0.4 is 0 Å². The first kappa shape index (κ1) is 12.6. The van der Waals surface area contributed by atoms with E-state index in [4.69, 9.17) is 0 Å². The molecule has 0 N–H and O–H groups in total. The van der Waals surface area contributed by atoms with Crippen molar-refractivity contribution in [3.05, 3.63) is 42.2 Å². The van der Waals surface area contributed by atoms with Gasteiger partial charge >= 0.3 is 0 Å². The molecule has 0 aliphatic carbocycles. The second-order valence-corrected chi connectivity index (χ2v) is 5.59. The molecule has 3 rings (SSSR count). The summed E-state index contributed by atoms with van der Waals surface area (Å²) in [6.45, 7) is 1.66. The Bertz CT molecular complexity index is 609. The fourth-order valence-corrected chi connectivity index (χ4v) is 3.11. The third kappa shape index (κ3) is 2.37. The average Bonchev–Trinajstić information content (AvgIpc) is 2.95. The maximum Gasteiger partial charge on any atom is 0.273 e. The van der Waals surface area contributed by atoms with Gasteiger partial charge in [-0.05, 0) is 23.8 Å². The van der Waals surface area contributed by atoms with Gasteiger partial charge in [-0.2, -0.15) is 0 Å². The summed E-state index contributed by atoms with van der Waals surface area (Å²) in [5.74, 6) is 0.624. The molecule has 1 aliphatic heterocycles. The number of hydrogen-bond acceptors (Lipinski definition) is 2. The first-order valence-electron chi connectivity index (χ1n) is 6.48. The third-order valence-corrected chi connectivity index (χ3v) is 4.58. The molecule has 1 aliphatic rings. The molecular weight excluding hydrogens is 304 g/mol. The van der Waals surface area contributed by atoms with Crippen molar-refractivity contribution in [2.24, 2.45) is 5.92 Å². The van der Waals surface area contributed by atoms with E-state index in [0.29, 0.717) is 11.6 Å². The van der Waals surface area contributed by atoms with Gasteiger partial charge in [0.2, 0.25) is 0 Å². The second-order valence-electron chi connectivity index (χ2n) is 4.94. The lowest BCUT2D eigenvalue weighted by atomic mass is 10.1. The third-order valence-electron chi connectivity index (χ3n) is 3.67. The highest BCUT2D eigenvalue weighted by atomic mass is 79.9. The molecule has 1 aromatic carbocycles. The summed E-state index contributed by atoms with van der Waals surface area (Å²) in [6, 6.07) is 9.85. The molecule has 1 aromatic heterocycles. The second kappa shape index (κ2) is 5.29. The van der Waals surface area contributed by atoms with Gasteiger partial charge in [0.25, 0.3) is 5.91 Å². The SMILES string of the molecule is O=C(c1nccc2ccccc12)N1CCC(CBr)C1. The van der Waals surface area contributed by atoms with Crippen LogP contribution in [0, 0.1) is 5.92 Å². The molecule has 0 bridgehead atoms. The van der Waals surface area contributed by atoms with Gasteiger partial charge in [0.1, 0.15) is 5.69 Å². The first-order chi connectivity index (χ1) is 9.29. The predicted molar refractivity (Wildman–Crippen MR) is 79.5 cm³/mol. The fourth-order valence-electron chi connectivity index (χ4n) is 2.58. The monoisotopic (exact) mass is 318 g/mol. The lowest BCUT2D eigenvalue weighted by Gasteiger charge is -2.16. The minimum atomic E-state index is 0.0558. The van der Waals surface area contributed by atoms with E-state index in [1.54, 1.807) is 6.20 Å². The molecule has 98 valence electrons. The number of pyridine rings is 1. The first-order valence-corrected chi connectivity index (χ1v) is 7.60. The molecule has 4 heteroatoms. The summed E-state index contributed by atoms with van der Waals surface area (Å²) in [5, 5.41) is 2.97. The van der Waals surface area contributed by atoms with Crippen LogP contribution in [0.3, 0.4) is 0 Å². The van der Waals surface area contributed by atoms with Gasteiger partial charge in [0.05, 0.1) is 0 Å². The van der Waals surface area contributed by atoms with E-state index in [-0.39, 0.29) is 5.91 Å². The van der Waals surface area contributed by atoms with E-state index < -0.39 is 0 Å². The minimum Gasteiger partial charge on any atom is -0.337 e. The number of amides is 1. The van der Waals surface area contributed by atoms with Crippen molar-refractivity contribution in [3.63, 3.8) is 0 Å². The molecule has 0 spiro atoms. The van der Waals surface area contributed by atoms with Crippen LogP contribution in [-0.4, -0.2) is 34.2 Å². The van der Waals surface area contributed by atoms with Crippen molar-refractivity contribution >= 4 is 32.6 Å². The number of halogens is 1. The van der Waals surface area contributed by atoms with Gasteiger partial charge in [0.15, 0.2) is 0 Å². The van der Waals surface area contributed by atoms with Crippen LogP contribution in [0.1, 0.15) is 16.9 Å². The summed E-state index contributed by atoms with van der Waals surface area (Å²) in [6.07, 6.45) is 2.79. The highest BCUT2D eigenvalue weighted by Crippen LogP contribution is 2.23. The van der Waals surface area contributed by atoms with Gasteiger partial charge in [0, 0.05) is 30.0 Å². The zero-order valence-electron chi connectivity index (χ0n) is 10.6. The largest absolute Gasteiger partial charge is 0.337 e. The van der Waals surface area contributed by atoms with Crippen molar-refractivity contribution in [2.45, 2.75) is 6.42 Å². The summed E-state index contributed by atoms with van der Waals surface area (Å²) >= 11 is 3.50. The number of nitrogens with zero attached hydrogens (tertiary/aromatic N) is 2. The summed E-state index contributed by atoms with van der Waals surface area (Å²) in [7, 11) is 0. The molecule has 1 atom stereocenters. The molecule has 0 radical (unpaired) electrons. The standard InChI is InChI=1S/C15H15BrN2O/c16-9-11-6-8-18(10-11)15(19)14-13-4-2-1-3-12(13)5-7-17-14/h1-5,7,11H,6,8-10H2. The Balaban J connectivity index is 1.94. The van der Waals surface area contributed by atoms with Crippen molar-refractivity contribution in [1.29, 1.82) is 0 Å². The van der Waals surface area contributed by atoms with Crippen molar-refractivity contribution < 1.29 is 4.79 Å². The lowest BCUT2D eigenvalue weighted by molar-refractivity contribution is 0.0785. The van der Waals surface area contributed by atoms with E-state index in [1.165, 1.54) is 0 Å². The van der Waals surface area contributed by atoms with E-state index in [9.17, 15) is 4.79 Å². The van der Waals surface area contributed by atoms with Crippen molar-refractivity contribution in [2.75, 3.05) is 18.4 Å². The molecule has 3 nitrogen and oxygen atoms in total. The van der Waals surface area contributed by atoms with Crippen LogP contribution in [0.25, 0.3) is 10.8 Å². The van der Waals surface area contributed by atoms with Crippen LogP contribution in [0.4, 0.5) is 0 Å². The highest BCUT2D eigenvalue weighted by Gasteiger charge is 2.27. The Labute approximate surface area is 120 Å². The number of aromatic nitrogens is 1. The van der Waals surface area contributed by atoms with Gasteiger partial charge in [-0.3, -0.25) is 9.78 Å². The smallest absolute Gasteiger partial charge is 0.273 e. The molecular formula is C15H15BrN2O. The molecule has 2 heterocycles. The van der Waals surface area contributed by atoms with Gasteiger partial charge < -0.3 is 4.90 Å². The Kier molecular flexibility index (Phi) is 3.51. The topological polar surface area (TPSA) is 33.2 Å². The van der Waals surface area contributed by atoms with Gasteiger partial charge in [-0.25, -0.2) is 0 Å². The van der Waals surface area contributed by atoms with Crippen LogP contribution >= 0.6 is 15.9 Å². The molecule has 1 fully saturated rings. The van der Waals surface area contributed by atoms with Crippen LogP contribution in [-0.2, 0) is 0 Å². The van der Waals surface area contributed by atoms with Crippen LogP contribution in [0.5, 0.6) is 0 Å². The molecule has 1 amide bonds. The Morgan fingerprint density at radius 3 is 3.00 bits per heavy atom. The number of hydrogen-bond donors (Lipinski definition) is 0. The minimum absolute atomic E-state index is 0.0558. The fraction of sp³-hybridized carbons (Fsp3) is 0.333. The number of carbonyl (C=O) groups is 1. The Morgan fingerprint density at radius 2 is 2.21 bits per heavy atom. The lowest BCUT2D eigenvalue weighted by Crippen LogP contribution is -2.29. The van der Waals surface area contributed by atoms with Crippen LogP contribution in [0.15, 0.2) is 36.5 Å². The van der Waals surface area contributed by atoms with E-state index >= 15 is 0 Å².